The first-order valence-electron chi connectivity index (χ1n) is 5.75. The Morgan fingerprint density at radius 1 is 1.24 bits per heavy atom. The first kappa shape index (κ1) is 13.5. The quantitative estimate of drug-likeness (QED) is 0.484. The Kier molecular flexibility index (Phi) is 3.31. The van der Waals surface area contributed by atoms with Gasteiger partial charge in [0.2, 0.25) is 5.90 Å². The lowest BCUT2D eigenvalue weighted by molar-refractivity contribution is -0.129. The maximum atomic E-state index is 13.3. The maximum Gasteiger partial charge on any atom is 0.363 e. The van der Waals surface area contributed by atoms with Gasteiger partial charge in [-0.3, -0.25) is 0 Å². The van der Waals surface area contributed by atoms with Crippen molar-refractivity contribution in [2.45, 2.75) is 0 Å². The molecule has 0 saturated carbocycles. The molecule has 7 heteroatoms. The molecule has 1 aromatic carbocycles. The van der Waals surface area contributed by atoms with Crippen molar-refractivity contribution < 1.29 is 22.7 Å². The van der Waals surface area contributed by atoms with E-state index in [9.17, 15) is 13.6 Å². The van der Waals surface area contributed by atoms with Crippen LogP contribution in [-0.2, 0) is 9.53 Å². The van der Waals surface area contributed by atoms with E-state index in [4.69, 9.17) is 20.8 Å². The van der Waals surface area contributed by atoms with Crippen LogP contribution in [0.4, 0.5) is 8.78 Å². The molecule has 0 N–H and O–H groups in total. The van der Waals surface area contributed by atoms with Crippen LogP contribution < -0.4 is 0 Å². The molecule has 2 aromatic rings. The third-order valence-corrected chi connectivity index (χ3v) is 3.00. The van der Waals surface area contributed by atoms with Gasteiger partial charge >= 0.3 is 5.97 Å². The zero-order chi connectivity index (χ0) is 15.0. The molecule has 0 spiro atoms. The van der Waals surface area contributed by atoms with Crippen molar-refractivity contribution in [3.05, 3.63) is 64.2 Å². The zero-order valence-electron chi connectivity index (χ0n) is 10.3. The van der Waals surface area contributed by atoms with E-state index in [1.807, 2.05) is 0 Å². The van der Waals surface area contributed by atoms with Gasteiger partial charge in [0.05, 0.1) is 16.8 Å². The summed E-state index contributed by atoms with van der Waals surface area (Å²) in [6.07, 6.45) is 2.80. The SMILES string of the molecule is O=C1OC(c2cc(F)c(F)cc2Cl)=N/C1=C\c1ccco1. The highest BCUT2D eigenvalue weighted by atomic mass is 35.5. The zero-order valence-corrected chi connectivity index (χ0v) is 11.0. The summed E-state index contributed by atoms with van der Waals surface area (Å²) < 4.78 is 36.2. The number of hydrogen-bond acceptors (Lipinski definition) is 4. The number of ether oxygens (including phenoxy) is 1. The van der Waals surface area contributed by atoms with Crippen LogP contribution >= 0.6 is 11.6 Å². The molecule has 1 aliphatic rings. The molecule has 1 aliphatic heterocycles. The van der Waals surface area contributed by atoms with Crippen LogP contribution in [0.25, 0.3) is 6.08 Å². The lowest BCUT2D eigenvalue weighted by Crippen LogP contribution is -2.07. The summed E-state index contributed by atoms with van der Waals surface area (Å²) in [5, 5.41) is -0.111. The van der Waals surface area contributed by atoms with Gasteiger partial charge in [-0.25, -0.2) is 18.6 Å². The molecule has 0 amide bonds. The van der Waals surface area contributed by atoms with Gasteiger partial charge in [0, 0.05) is 6.08 Å². The van der Waals surface area contributed by atoms with Gasteiger partial charge in [-0.05, 0) is 24.3 Å². The van der Waals surface area contributed by atoms with E-state index in [0.29, 0.717) is 5.76 Å². The monoisotopic (exact) mass is 309 g/mol. The molecule has 4 nitrogen and oxygen atoms in total. The first-order valence-corrected chi connectivity index (χ1v) is 6.13. The van der Waals surface area contributed by atoms with E-state index in [1.54, 1.807) is 12.1 Å². The van der Waals surface area contributed by atoms with Crippen molar-refractivity contribution in [3.63, 3.8) is 0 Å². The number of halogens is 3. The molecule has 21 heavy (non-hydrogen) atoms. The number of aliphatic imine (C=N–C) groups is 1. The van der Waals surface area contributed by atoms with Gasteiger partial charge in [-0.2, -0.15) is 0 Å². The minimum atomic E-state index is -1.11. The van der Waals surface area contributed by atoms with Crippen molar-refractivity contribution in [1.29, 1.82) is 0 Å². The van der Waals surface area contributed by atoms with Crippen molar-refractivity contribution in [2.75, 3.05) is 0 Å². The van der Waals surface area contributed by atoms with Gasteiger partial charge < -0.3 is 9.15 Å². The normalized spacial score (nSPS) is 16.2. The molecule has 0 unspecified atom stereocenters. The minimum absolute atomic E-state index is 0.00763. The highest BCUT2D eigenvalue weighted by Crippen LogP contribution is 2.25. The summed E-state index contributed by atoms with van der Waals surface area (Å²) >= 11 is 5.80. The average molecular weight is 310 g/mol. The average Bonchev–Trinajstić information content (AvgIpc) is 3.05. The summed E-state index contributed by atoms with van der Waals surface area (Å²) in [6, 6.07) is 4.87. The van der Waals surface area contributed by atoms with Gasteiger partial charge in [0.1, 0.15) is 5.76 Å². The standard InChI is InChI=1S/C14H6ClF2NO3/c15-9-6-11(17)10(16)5-8(9)13-18-12(14(19)21-13)4-7-2-1-3-20-7/h1-6H/b12-4-. The maximum absolute atomic E-state index is 13.3. The van der Waals surface area contributed by atoms with Crippen molar-refractivity contribution in [1.82, 2.24) is 0 Å². The largest absolute Gasteiger partial charge is 0.465 e. The Hall–Kier alpha value is -2.47. The second-order valence-corrected chi connectivity index (χ2v) is 4.50. The number of carbonyl (C=O) groups is 1. The van der Waals surface area contributed by atoms with Gasteiger partial charge in [-0.15, -0.1) is 0 Å². The number of esters is 1. The Labute approximate surface area is 122 Å². The van der Waals surface area contributed by atoms with E-state index >= 15 is 0 Å². The smallest absolute Gasteiger partial charge is 0.363 e. The van der Waals surface area contributed by atoms with Crippen LogP contribution in [0.15, 0.2) is 45.6 Å². The third-order valence-electron chi connectivity index (χ3n) is 2.68. The number of cyclic esters (lactones) is 1. The molecule has 0 atom stereocenters. The number of benzene rings is 1. The molecule has 0 saturated heterocycles. The molecule has 0 radical (unpaired) electrons. The predicted molar refractivity (Wildman–Crippen MR) is 70.7 cm³/mol. The van der Waals surface area contributed by atoms with Crippen molar-refractivity contribution in [3.8, 4) is 0 Å². The summed E-state index contributed by atoms with van der Waals surface area (Å²) in [4.78, 5) is 15.6. The lowest BCUT2D eigenvalue weighted by Gasteiger charge is -2.03. The molecule has 2 heterocycles. The molecule has 0 fully saturated rings. The lowest BCUT2D eigenvalue weighted by atomic mass is 10.2. The van der Waals surface area contributed by atoms with E-state index < -0.39 is 17.6 Å². The van der Waals surface area contributed by atoms with Gasteiger partial charge in [0.25, 0.3) is 0 Å². The predicted octanol–water partition coefficient (Wildman–Crippen LogP) is 3.56. The highest BCUT2D eigenvalue weighted by molar-refractivity contribution is 6.34. The topological polar surface area (TPSA) is 51.8 Å². The van der Waals surface area contributed by atoms with Crippen LogP contribution in [0.5, 0.6) is 0 Å². The number of carbonyl (C=O) groups excluding carboxylic acids is 1. The fourth-order valence-electron chi connectivity index (χ4n) is 1.72. The van der Waals surface area contributed by atoms with Crippen LogP contribution in [0.3, 0.4) is 0 Å². The Morgan fingerprint density at radius 3 is 2.71 bits per heavy atom. The summed E-state index contributed by atoms with van der Waals surface area (Å²) in [7, 11) is 0. The van der Waals surface area contributed by atoms with Crippen LogP contribution in [0, 0.1) is 11.6 Å². The molecule has 106 valence electrons. The summed E-state index contributed by atoms with van der Waals surface area (Å²) in [5.41, 5.74) is -0.0347. The minimum Gasteiger partial charge on any atom is -0.465 e. The Balaban J connectivity index is 2.01. The number of furan rings is 1. The molecule has 3 rings (SSSR count). The molecular weight excluding hydrogens is 304 g/mol. The third kappa shape index (κ3) is 2.57. The van der Waals surface area contributed by atoms with E-state index in [2.05, 4.69) is 4.99 Å². The van der Waals surface area contributed by atoms with Gasteiger partial charge in [0.15, 0.2) is 17.3 Å². The molecular formula is C14H6ClF2NO3. The van der Waals surface area contributed by atoms with Crippen LogP contribution in [-0.4, -0.2) is 11.9 Å². The number of nitrogens with zero attached hydrogens (tertiary/aromatic N) is 1. The van der Waals surface area contributed by atoms with E-state index in [0.717, 1.165) is 12.1 Å². The Bertz CT molecular complexity index is 782. The number of hydrogen-bond donors (Lipinski definition) is 0. The van der Waals surface area contributed by atoms with Gasteiger partial charge in [-0.1, -0.05) is 11.6 Å². The van der Waals surface area contributed by atoms with Crippen LogP contribution in [0.2, 0.25) is 5.02 Å². The fourth-order valence-corrected chi connectivity index (χ4v) is 1.95. The number of rotatable bonds is 2. The highest BCUT2D eigenvalue weighted by Gasteiger charge is 2.27. The summed E-state index contributed by atoms with van der Waals surface area (Å²) in [5.74, 6) is -2.73. The second-order valence-electron chi connectivity index (χ2n) is 4.10. The molecule has 0 aliphatic carbocycles. The fraction of sp³-hybridized carbons (Fsp3) is 0. The van der Waals surface area contributed by atoms with E-state index in [1.165, 1.54) is 12.3 Å². The second kappa shape index (κ2) is 5.14. The Morgan fingerprint density at radius 2 is 2.00 bits per heavy atom. The van der Waals surface area contributed by atoms with Crippen molar-refractivity contribution >= 4 is 29.5 Å². The first-order chi connectivity index (χ1) is 10.0. The molecule has 0 bridgehead atoms. The van der Waals surface area contributed by atoms with Crippen molar-refractivity contribution in [2.24, 2.45) is 4.99 Å². The molecule has 1 aromatic heterocycles. The summed E-state index contributed by atoms with van der Waals surface area (Å²) in [6.45, 7) is 0. The van der Waals surface area contributed by atoms with E-state index in [-0.39, 0.29) is 22.2 Å². The van der Waals surface area contributed by atoms with Crippen LogP contribution in [0.1, 0.15) is 11.3 Å².